The van der Waals surface area contributed by atoms with Crippen molar-refractivity contribution in [2.45, 2.75) is 12.2 Å². The molecule has 2 rings (SSSR count). The lowest BCUT2D eigenvalue weighted by atomic mass is 10.1. The smallest absolute Gasteiger partial charge is 0.304 e. The monoisotopic (exact) mass is 375 g/mol. The zero-order chi connectivity index (χ0) is 18.9. The first-order valence-corrected chi connectivity index (χ1v) is 9.10. The fourth-order valence-electron chi connectivity index (χ4n) is 2.23. The van der Waals surface area contributed by atoms with E-state index in [4.69, 9.17) is 14.6 Å². The number of carbonyl (C=O) groups is 2. The topological polar surface area (TPSA) is 84.9 Å². The highest BCUT2D eigenvalue weighted by atomic mass is 32.2. The fraction of sp³-hybridized carbons (Fsp3) is 0.263. The molecule has 26 heavy (non-hydrogen) atoms. The lowest BCUT2D eigenvalue weighted by molar-refractivity contribution is -0.136. The van der Waals surface area contributed by atoms with Gasteiger partial charge in [-0.05, 0) is 29.8 Å². The summed E-state index contributed by atoms with van der Waals surface area (Å²) < 4.78 is 10.4. The number of carboxylic acid groups (broad SMARTS) is 1. The molecular formula is C19H21NO5S. The average Bonchev–Trinajstić information content (AvgIpc) is 2.65. The van der Waals surface area contributed by atoms with Gasteiger partial charge < -0.3 is 19.9 Å². The predicted molar refractivity (Wildman–Crippen MR) is 102 cm³/mol. The average molecular weight is 375 g/mol. The fourth-order valence-corrected chi connectivity index (χ4v) is 3.11. The molecular weight excluding hydrogens is 354 g/mol. The predicted octanol–water partition coefficient (Wildman–Crippen LogP) is 3.66. The number of nitrogens with one attached hydrogen (secondary N) is 1. The number of amides is 1. The molecule has 0 saturated carbocycles. The molecule has 0 aliphatic heterocycles. The van der Waals surface area contributed by atoms with Crippen LogP contribution in [0.3, 0.4) is 0 Å². The van der Waals surface area contributed by atoms with Crippen molar-refractivity contribution in [2.75, 3.05) is 25.3 Å². The van der Waals surface area contributed by atoms with Crippen LogP contribution in [0, 0.1) is 0 Å². The molecule has 0 unspecified atom stereocenters. The third-order valence-corrected chi connectivity index (χ3v) is 4.56. The Kier molecular flexibility index (Phi) is 7.35. The van der Waals surface area contributed by atoms with Crippen LogP contribution in [0.5, 0.6) is 11.5 Å². The molecule has 138 valence electrons. The van der Waals surface area contributed by atoms with E-state index in [9.17, 15) is 9.59 Å². The second kappa shape index (κ2) is 9.72. The van der Waals surface area contributed by atoms with E-state index in [1.165, 1.54) is 14.2 Å². The first-order valence-electron chi connectivity index (χ1n) is 7.94. The Bertz CT molecular complexity index is 756. The van der Waals surface area contributed by atoms with E-state index >= 15 is 0 Å². The molecule has 0 aromatic heterocycles. The number of carbonyl (C=O) groups excluding carboxylic acids is 1. The summed E-state index contributed by atoms with van der Waals surface area (Å²) in [7, 11) is 3.06. The number of benzene rings is 2. The SMILES string of the molecule is COc1cc(OC)cc(C(=O)Nc2cccc(CSCCC(=O)O)c2)c1. The first kappa shape index (κ1) is 19.7. The van der Waals surface area contributed by atoms with Gasteiger partial charge in [0.2, 0.25) is 0 Å². The maximum atomic E-state index is 12.5. The van der Waals surface area contributed by atoms with Gasteiger partial charge in [-0.3, -0.25) is 9.59 Å². The van der Waals surface area contributed by atoms with Gasteiger partial charge in [0, 0.05) is 28.8 Å². The van der Waals surface area contributed by atoms with Crippen molar-refractivity contribution >= 4 is 29.3 Å². The number of hydrogen-bond donors (Lipinski definition) is 2. The number of methoxy groups -OCH3 is 2. The summed E-state index contributed by atoms with van der Waals surface area (Å²) in [6, 6.07) is 12.5. The highest BCUT2D eigenvalue weighted by molar-refractivity contribution is 7.98. The molecule has 0 saturated heterocycles. The first-order chi connectivity index (χ1) is 12.5. The summed E-state index contributed by atoms with van der Waals surface area (Å²) in [6.07, 6.45) is 0.138. The third kappa shape index (κ3) is 6.00. The summed E-state index contributed by atoms with van der Waals surface area (Å²) in [5, 5.41) is 11.5. The van der Waals surface area contributed by atoms with E-state index in [0.29, 0.717) is 34.3 Å². The number of carboxylic acids is 1. The van der Waals surface area contributed by atoms with Gasteiger partial charge in [0.25, 0.3) is 5.91 Å². The molecule has 6 nitrogen and oxygen atoms in total. The zero-order valence-corrected chi connectivity index (χ0v) is 15.5. The van der Waals surface area contributed by atoms with E-state index in [1.807, 2.05) is 18.2 Å². The van der Waals surface area contributed by atoms with Gasteiger partial charge in [-0.15, -0.1) is 0 Å². The van der Waals surface area contributed by atoms with Crippen LogP contribution in [0.2, 0.25) is 0 Å². The van der Waals surface area contributed by atoms with E-state index in [-0.39, 0.29) is 12.3 Å². The molecule has 0 spiro atoms. The van der Waals surface area contributed by atoms with Gasteiger partial charge in [0.15, 0.2) is 0 Å². The second-order valence-corrected chi connectivity index (χ2v) is 6.56. The Balaban J connectivity index is 2.03. The normalized spacial score (nSPS) is 10.2. The molecule has 2 N–H and O–H groups in total. The lowest BCUT2D eigenvalue weighted by Gasteiger charge is -2.10. The Morgan fingerprint density at radius 3 is 2.38 bits per heavy atom. The summed E-state index contributed by atoms with van der Waals surface area (Å²) in [4.78, 5) is 23.0. The summed E-state index contributed by atoms with van der Waals surface area (Å²) in [5.74, 6) is 1.25. The maximum absolute atomic E-state index is 12.5. The molecule has 0 heterocycles. The van der Waals surface area contributed by atoms with Crippen molar-refractivity contribution in [1.29, 1.82) is 0 Å². The zero-order valence-electron chi connectivity index (χ0n) is 14.7. The van der Waals surface area contributed by atoms with Crippen LogP contribution in [-0.4, -0.2) is 37.0 Å². The standard InChI is InChI=1S/C19H21NO5S/c1-24-16-9-14(10-17(11-16)25-2)19(23)20-15-5-3-4-13(8-15)12-26-7-6-18(21)22/h3-5,8-11H,6-7,12H2,1-2H3,(H,20,23)(H,21,22). The largest absolute Gasteiger partial charge is 0.497 e. The summed E-state index contributed by atoms with van der Waals surface area (Å²) in [6.45, 7) is 0. The molecule has 0 aliphatic rings. The van der Waals surface area contributed by atoms with Crippen molar-refractivity contribution < 1.29 is 24.2 Å². The highest BCUT2D eigenvalue weighted by Crippen LogP contribution is 2.24. The number of aliphatic carboxylic acids is 1. The summed E-state index contributed by atoms with van der Waals surface area (Å²) >= 11 is 1.54. The van der Waals surface area contributed by atoms with Crippen molar-refractivity contribution in [3.8, 4) is 11.5 Å². The van der Waals surface area contributed by atoms with E-state index < -0.39 is 5.97 Å². The van der Waals surface area contributed by atoms with Crippen LogP contribution in [0.25, 0.3) is 0 Å². The van der Waals surface area contributed by atoms with Crippen LogP contribution in [0.15, 0.2) is 42.5 Å². The van der Waals surface area contributed by atoms with Gasteiger partial charge in [-0.2, -0.15) is 11.8 Å². The Morgan fingerprint density at radius 2 is 1.77 bits per heavy atom. The Morgan fingerprint density at radius 1 is 1.08 bits per heavy atom. The van der Waals surface area contributed by atoms with E-state index in [0.717, 1.165) is 5.56 Å². The number of ether oxygens (including phenoxy) is 2. The molecule has 0 bridgehead atoms. The van der Waals surface area contributed by atoms with Gasteiger partial charge in [0.1, 0.15) is 11.5 Å². The quantitative estimate of drug-likeness (QED) is 0.651. The number of thioether (sulfide) groups is 1. The molecule has 0 aliphatic carbocycles. The van der Waals surface area contributed by atoms with Crippen molar-refractivity contribution in [2.24, 2.45) is 0 Å². The van der Waals surface area contributed by atoms with Gasteiger partial charge >= 0.3 is 5.97 Å². The van der Waals surface area contributed by atoms with Crippen molar-refractivity contribution in [3.05, 3.63) is 53.6 Å². The minimum atomic E-state index is -0.799. The number of hydrogen-bond acceptors (Lipinski definition) is 5. The highest BCUT2D eigenvalue weighted by Gasteiger charge is 2.10. The molecule has 0 radical (unpaired) electrons. The van der Waals surface area contributed by atoms with Crippen LogP contribution < -0.4 is 14.8 Å². The van der Waals surface area contributed by atoms with Crippen LogP contribution in [-0.2, 0) is 10.5 Å². The second-order valence-electron chi connectivity index (χ2n) is 5.45. The number of anilines is 1. The molecule has 7 heteroatoms. The van der Waals surface area contributed by atoms with Crippen LogP contribution in [0.4, 0.5) is 5.69 Å². The molecule has 1 amide bonds. The van der Waals surface area contributed by atoms with Gasteiger partial charge in [-0.1, -0.05) is 12.1 Å². The minimum absolute atomic E-state index is 0.138. The molecule has 0 fully saturated rings. The molecule has 0 atom stereocenters. The Hall–Kier alpha value is -2.67. The minimum Gasteiger partial charge on any atom is -0.497 e. The third-order valence-electron chi connectivity index (χ3n) is 3.53. The maximum Gasteiger partial charge on any atom is 0.304 e. The van der Waals surface area contributed by atoms with Crippen molar-refractivity contribution in [1.82, 2.24) is 0 Å². The lowest BCUT2D eigenvalue weighted by Crippen LogP contribution is -2.12. The van der Waals surface area contributed by atoms with E-state index in [2.05, 4.69) is 5.32 Å². The van der Waals surface area contributed by atoms with Crippen LogP contribution in [0.1, 0.15) is 22.3 Å². The molecule has 2 aromatic carbocycles. The van der Waals surface area contributed by atoms with E-state index in [1.54, 1.807) is 36.0 Å². The number of rotatable bonds is 9. The summed E-state index contributed by atoms with van der Waals surface area (Å²) in [5.41, 5.74) is 2.12. The van der Waals surface area contributed by atoms with Gasteiger partial charge in [-0.25, -0.2) is 0 Å². The Labute approximate surface area is 156 Å². The van der Waals surface area contributed by atoms with Crippen molar-refractivity contribution in [3.63, 3.8) is 0 Å². The van der Waals surface area contributed by atoms with Crippen LogP contribution >= 0.6 is 11.8 Å². The molecule has 2 aromatic rings. The van der Waals surface area contributed by atoms with Gasteiger partial charge in [0.05, 0.1) is 20.6 Å².